The predicted molar refractivity (Wildman–Crippen MR) is 76.1 cm³/mol. The number of carbonyl (C=O) groups is 3. The van der Waals surface area contributed by atoms with Gasteiger partial charge in [0.1, 0.15) is 11.7 Å². The molecular weight excluding hydrogens is 326 g/mol. The van der Waals surface area contributed by atoms with Crippen LogP contribution in [0.1, 0.15) is 30.8 Å². The number of halogens is 1. The second-order valence-corrected chi connectivity index (χ2v) is 5.47. The summed E-state index contributed by atoms with van der Waals surface area (Å²) in [5.74, 6) is -0.980. The monoisotopic (exact) mass is 341 g/mol. The standard InChI is InChI=1S/C13H16BrN3O3/c1-3-16-7-8(14)5-10(16)13(20)17(4-2)9-6-11(18)15-12(9)19/h5,7,9H,3-4,6H2,1-2H3,(H,15,18,19). The number of amides is 3. The zero-order valence-corrected chi connectivity index (χ0v) is 12.9. The van der Waals surface area contributed by atoms with Crippen LogP contribution >= 0.6 is 15.9 Å². The normalized spacial score (nSPS) is 18.2. The molecule has 1 saturated heterocycles. The molecule has 0 spiro atoms. The first-order valence-corrected chi connectivity index (χ1v) is 7.27. The van der Waals surface area contributed by atoms with Gasteiger partial charge in [0.15, 0.2) is 0 Å². The van der Waals surface area contributed by atoms with E-state index in [0.717, 1.165) is 4.47 Å². The van der Waals surface area contributed by atoms with Crippen LogP contribution in [0.5, 0.6) is 0 Å². The summed E-state index contributed by atoms with van der Waals surface area (Å²) in [4.78, 5) is 37.1. The van der Waals surface area contributed by atoms with Crippen molar-refractivity contribution in [1.82, 2.24) is 14.8 Å². The maximum atomic E-state index is 12.6. The summed E-state index contributed by atoms with van der Waals surface area (Å²) in [6.07, 6.45) is 1.85. The number of aromatic nitrogens is 1. The zero-order valence-electron chi connectivity index (χ0n) is 11.4. The Morgan fingerprint density at radius 1 is 1.50 bits per heavy atom. The molecule has 1 aromatic heterocycles. The fourth-order valence-corrected chi connectivity index (χ4v) is 2.82. The van der Waals surface area contributed by atoms with Crippen molar-refractivity contribution in [3.63, 3.8) is 0 Å². The maximum absolute atomic E-state index is 12.6. The molecule has 1 unspecified atom stereocenters. The molecule has 1 atom stereocenters. The molecule has 108 valence electrons. The second kappa shape index (κ2) is 5.78. The number of rotatable bonds is 4. The molecule has 0 aliphatic carbocycles. The van der Waals surface area contributed by atoms with E-state index in [2.05, 4.69) is 21.2 Å². The number of nitrogens with zero attached hydrogens (tertiary/aromatic N) is 2. The van der Waals surface area contributed by atoms with Crippen molar-refractivity contribution in [1.29, 1.82) is 0 Å². The molecule has 1 aliphatic rings. The Bertz CT molecular complexity index is 567. The van der Waals surface area contributed by atoms with Gasteiger partial charge in [0.25, 0.3) is 5.91 Å². The van der Waals surface area contributed by atoms with E-state index in [1.165, 1.54) is 4.90 Å². The first-order valence-electron chi connectivity index (χ1n) is 6.48. The second-order valence-electron chi connectivity index (χ2n) is 4.55. The number of likely N-dealkylation sites (N-methyl/N-ethyl adjacent to an activating group) is 1. The van der Waals surface area contributed by atoms with E-state index in [0.29, 0.717) is 18.8 Å². The molecule has 0 radical (unpaired) electrons. The van der Waals surface area contributed by atoms with Gasteiger partial charge in [-0.15, -0.1) is 0 Å². The van der Waals surface area contributed by atoms with E-state index in [1.54, 1.807) is 13.0 Å². The Morgan fingerprint density at radius 3 is 2.70 bits per heavy atom. The van der Waals surface area contributed by atoms with Gasteiger partial charge in [0, 0.05) is 23.8 Å². The topological polar surface area (TPSA) is 71.4 Å². The Morgan fingerprint density at radius 2 is 2.20 bits per heavy atom. The third-order valence-electron chi connectivity index (χ3n) is 3.34. The molecule has 7 heteroatoms. The van der Waals surface area contributed by atoms with Crippen molar-refractivity contribution in [2.45, 2.75) is 32.9 Å². The van der Waals surface area contributed by atoms with Crippen LogP contribution < -0.4 is 5.32 Å². The van der Waals surface area contributed by atoms with E-state index < -0.39 is 11.9 Å². The van der Waals surface area contributed by atoms with E-state index >= 15 is 0 Å². The van der Waals surface area contributed by atoms with Gasteiger partial charge in [-0.05, 0) is 35.8 Å². The molecule has 0 aromatic carbocycles. The number of carbonyl (C=O) groups excluding carboxylic acids is 3. The highest BCUT2D eigenvalue weighted by Gasteiger charge is 2.37. The third kappa shape index (κ3) is 2.63. The molecule has 1 fully saturated rings. The fourth-order valence-electron chi connectivity index (χ4n) is 2.36. The Kier molecular flexibility index (Phi) is 4.27. The first-order chi connectivity index (χ1) is 9.47. The average Bonchev–Trinajstić information content (AvgIpc) is 2.93. The number of imide groups is 1. The van der Waals surface area contributed by atoms with Crippen molar-refractivity contribution in [3.05, 3.63) is 22.4 Å². The van der Waals surface area contributed by atoms with E-state index in [4.69, 9.17) is 0 Å². The molecule has 0 bridgehead atoms. The minimum atomic E-state index is -0.709. The van der Waals surface area contributed by atoms with Crippen molar-refractivity contribution in [2.24, 2.45) is 0 Å². The first kappa shape index (κ1) is 14.8. The lowest BCUT2D eigenvalue weighted by Gasteiger charge is -2.25. The maximum Gasteiger partial charge on any atom is 0.271 e. The minimum absolute atomic E-state index is 0.0341. The lowest BCUT2D eigenvalue weighted by atomic mass is 10.2. The summed E-state index contributed by atoms with van der Waals surface area (Å²) in [5.41, 5.74) is 0.508. The van der Waals surface area contributed by atoms with Crippen LogP contribution in [0.25, 0.3) is 0 Å². The lowest BCUT2D eigenvalue weighted by molar-refractivity contribution is -0.126. The van der Waals surface area contributed by atoms with Gasteiger partial charge in [0.2, 0.25) is 11.8 Å². The summed E-state index contributed by atoms with van der Waals surface area (Å²) in [6.45, 7) is 4.75. The molecule has 1 N–H and O–H groups in total. The number of aryl methyl sites for hydroxylation is 1. The van der Waals surface area contributed by atoms with Crippen LogP contribution in [-0.4, -0.2) is 39.8 Å². The average molecular weight is 342 g/mol. The van der Waals surface area contributed by atoms with Crippen LogP contribution in [0.2, 0.25) is 0 Å². The van der Waals surface area contributed by atoms with Gasteiger partial charge in [-0.2, -0.15) is 0 Å². The van der Waals surface area contributed by atoms with Gasteiger partial charge >= 0.3 is 0 Å². The lowest BCUT2D eigenvalue weighted by Crippen LogP contribution is -2.44. The summed E-state index contributed by atoms with van der Waals surface area (Å²) >= 11 is 3.34. The Labute approximate surface area is 125 Å². The van der Waals surface area contributed by atoms with Crippen molar-refractivity contribution in [2.75, 3.05) is 6.54 Å². The van der Waals surface area contributed by atoms with Crippen molar-refractivity contribution >= 4 is 33.7 Å². The predicted octanol–water partition coefficient (Wildman–Crippen LogP) is 1.15. The Balaban J connectivity index is 2.29. The number of hydrogen-bond acceptors (Lipinski definition) is 3. The third-order valence-corrected chi connectivity index (χ3v) is 3.78. The van der Waals surface area contributed by atoms with Gasteiger partial charge in [0.05, 0.1) is 6.42 Å². The fraction of sp³-hybridized carbons (Fsp3) is 0.462. The zero-order chi connectivity index (χ0) is 14.9. The van der Waals surface area contributed by atoms with Crippen LogP contribution in [0.3, 0.4) is 0 Å². The quantitative estimate of drug-likeness (QED) is 0.835. The van der Waals surface area contributed by atoms with Crippen molar-refractivity contribution in [3.8, 4) is 0 Å². The molecular formula is C13H16BrN3O3. The van der Waals surface area contributed by atoms with E-state index in [1.807, 2.05) is 17.7 Å². The molecule has 0 saturated carbocycles. The highest BCUT2D eigenvalue weighted by molar-refractivity contribution is 9.10. The van der Waals surface area contributed by atoms with Gasteiger partial charge in [-0.3, -0.25) is 19.7 Å². The molecule has 3 amide bonds. The summed E-state index contributed by atoms with van der Waals surface area (Å²) in [6, 6.07) is 1.02. The molecule has 20 heavy (non-hydrogen) atoms. The van der Waals surface area contributed by atoms with Crippen LogP contribution in [0.4, 0.5) is 0 Å². The molecule has 1 aliphatic heterocycles. The Hall–Kier alpha value is -1.63. The molecule has 1 aromatic rings. The highest BCUT2D eigenvalue weighted by atomic mass is 79.9. The summed E-state index contributed by atoms with van der Waals surface area (Å²) < 4.78 is 2.62. The van der Waals surface area contributed by atoms with Crippen molar-refractivity contribution < 1.29 is 14.4 Å². The summed E-state index contributed by atoms with van der Waals surface area (Å²) in [5, 5.41) is 2.23. The van der Waals surface area contributed by atoms with E-state index in [-0.39, 0.29) is 18.2 Å². The minimum Gasteiger partial charge on any atom is -0.343 e. The van der Waals surface area contributed by atoms with Gasteiger partial charge in [-0.25, -0.2) is 0 Å². The van der Waals surface area contributed by atoms with Crippen LogP contribution in [0, 0.1) is 0 Å². The SMILES string of the molecule is CCN(C(=O)c1cc(Br)cn1CC)C1CC(=O)NC1=O. The molecule has 6 nitrogen and oxygen atoms in total. The molecule has 2 heterocycles. The smallest absolute Gasteiger partial charge is 0.271 e. The van der Waals surface area contributed by atoms with Crippen LogP contribution in [0.15, 0.2) is 16.7 Å². The highest BCUT2D eigenvalue weighted by Crippen LogP contribution is 2.19. The van der Waals surface area contributed by atoms with Gasteiger partial charge < -0.3 is 9.47 Å². The van der Waals surface area contributed by atoms with Crippen LogP contribution in [-0.2, 0) is 16.1 Å². The number of hydrogen-bond donors (Lipinski definition) is 1. The summed E-state index contributed by atoms with van der Waals surface area (Å²) in [7, 11) is 0. The van der Waals surface area contributed by atoms with Gasteiger partial charge in [-0.1, -0.05) is 0 Å². The largest absolute Gasteiger partial charge is 0.343 e. The number of nitrogens with one attached hydrogen (secondary N) is 1. The van der Waals surface area contributed by atoms with E-state index in [9.17, 15) is 14.4 Å². The molecule has 2 rings (SSSR count).